The second-order valence-electron chi connectivity index (χ2n) is 2.79. The molecule has 0 saturated carbocycles. The Labute approximate surface area is 97.9 Å². The maximum Gasteiger partial charge on any atom is 0.238 e. The van der Waals surface area contributed by atoms with Gasteiger partial charge in [0.2, 0.25) is 5.88 Å². The van der Waals surface area contributed by atoms with Gasteiger partial charge in [-0.05, 0) is 35.0 Å². The summed E-state index contributed by atoms with van der Waals surface area (Å²) in [5.41, 5.74) is 6.26. The molecule has 0 saturated heterocycles. The monoisotopic (exact) mass is 271 g/mol. The van der Waals surface area contributed by atoms with Gasteiger partial charge in [0, 0.05) is 18.9 Å². The van der Waals surface area contributed by atoms with E-state index in [1.165, 1.54) is 6.20 Å². The van der Waals surface area contributed by atoms with Crippen LogP contribution in [0.15, 0.2) is 29.1 Å². The van der Waals surface area contributed by atoms with E-state index in [1.54, 1.807) is 13.3 Å². The zero-order valence-corrected chi connectivity index (χ0v) is 10.4. The van der Waals surface area contributed by atoms with Gasteiger partial charge in [-0.25, -0.2) is 4.98 Å². The molecule has 0 unspecified atom stereocenters. The Morgan fingerprint density at radius 1 is 1.60 bits per heavy atom. The molecular weight excluding hydrogens is 258 g/mol. The summed E-state index contributed by atoms with van der Waals surface area (Å²) >= 11 is 3.29. The molecule has 1 aromatic heterocycles. The third-order valence-electron chi connectivity index (χ3n) is 1.92. The summed E-state index contributed by atoms with van der Waals surface area (Å²) in [6, 6.07) is 3.80. The summed E-state index contributed by atoms with van der Waals surface area (Å²) in [6.45, 7) is 2.83. The van der Waals surface area contributed by atoms with E-state index in [1.807, 2.05) is 24.0 Å². The molecule has 1 heterocycles. The van der Waals surface area contributed by atoms with Crippen molar-refractivity contribution in [2.75, 3.05) is 18.6 Å². The molecule has 0 bridgehead atoms. The Kier molecular flexibility index (Phi) is 4.42. The van der Waals surface area contributed by atoms with Crippen molar-refractivity contribution in [2.45, 2.75) is 6.92 Å². The number of pyridine rings is 1. The zero-order valence-electron chi connectivity index (χ0n) is 8.77. The minimum Gasteiger partial charge on any atom is -0.479 e. The maximum atomic E-state index is 5.37. The summed E-state index contributed by atoms with van der Waals surface area (Å²) in [4.78, 5) is 6.18. The van der Waals surface area contributed by atoms with Gasteiger partial charge < -0.3 is 15.4 Å². The first-order valence-electron chi connectivity index (χ1n) is 4.58. The number of hydrogen-bond donors (Lipinski definition) is 1. The molecule has 0 amide bonds. The number of methoxy groups -OCH3 is 1. The van der Waals surface area contributed by atoms with E-state index in [2.05, 4.69) is 20.9 Å². The van der Waals surface area contributed by atoms with Crippen molar-refractivity contribution >= 4 is 21.6 Å². The van der Waals surface area contributed by atoms with Crippen LogP contribution in [0.3, 0.4) is 0 Å². The van der Waals surface area contributed by atoms with Crippen molar-refractivity contribution in [3.8, 4) is 5.88 Å². The Balaban J connectivity index is 3.10. The number of halogens is 1. The van der Waals surface area contributed by atoms with Crippen LogP contribution in [0.1, 0.15) is 6.92 Å². The molecular formula is C10H14BrN3O. The van der Waals surface area contributed by atoms with Gasteiger partial charge in [-0.3, -0.25) is 0 Å². The predicted molar refractivity (Wildman–Crippen MR) is 64.8 cm³/mol. The minimum atomic E-state index is 0.573. The molecule has 15 heavy (non-hydrogen) atoms. The van der Waals surface area contributed by atoms with E-state index in [0.29, 0.717) is 5.88 Å². The molecule has 5 heteroatoms. The Morgan fingerprint density at radius 3 is 2.87 bits per heavy atom. The van der Waals surface area contributed by atoms with Gasteiger partial charge in [-0.1, -0.05) is 0 Å². The molecule has 0 fully saturated rings. The van der Waals surface area contributed by atoms with Crippen LogP contribution >= 0.6 is 15.9 Å². The van der Waals surface area contributed by atoms with Crippen molar-refractivity contribution < 1.29 is 4.74 Å². The Hall–Kier alpha value is -1.23. The molecule has 82 valence electrons. The van der Waals surface area contributed by atoms with E-state index in [-0.39, 0.29) is 0 Å². The highest BCUT2D eigenvalue weighted by molar-refractivity contribution is 9.10. The number of ether oxygens (including phenoxy) is 1. The van der Waals surface area contributed by atoms with Crippen LogP contribution in [0.4, 0.5) is 5.69 Å². The lowest BCUT2D eigenvalue weighted by atomic mass is 10.3. The summed E-state index contributed by atoms with van der Waals surface area (Å²) in [5, 5.41) is 0. The van der Waals surface area contributed by atoms with Crippen LogP contribution in [-0.4, -0.2) is 18.6 Å². The van der Waals surface area contributed by atoms with E-state index in [4.69, 9.17) is 10.5 Å². The highest BCUT2D eigenvalue weighted by atomic mass is 79.9. The van der Waals surface area contributed by atoms with Gasteiger partial charge in [-0.2, -0.15) is 0 Å². The van der Waals surface area contributed by atoms with Gasteiger partial charge in [0.25, 0.3) is 0 Å². The van der Waals surface area contributed by atoms with Gasteiger partial charge in [-0.15, -0.1) is 0 Å². The second kappa shape index (κ2) is 5.60. The molecule has 0 aliphatic heterocycles. The predicted octanol–water partition coefficient (Wildman–Crippen LogP) is 2.11. The fourth-order valence-electron chi connectivity index (χ4n) is 1.24. The summed E-state index contributed by atoms with van der Waals surface area (Å²) in [7, 11) is 1.60. The number of nitrogens with zero attached hydrogens (tertiary/aromatic N) is 2. The second-order valence-corrected chi connectivity index (χ2v) is 3.60. The van der Waals surface area contributed by atoms with Gasteiger partial charge in [0.05, 0.1) is 7.11 Å². The smallest absolute Gasteiger partial charge is 0.238 e. The fourth-order valence-corrected chi connectivity index (χ4v) is 1.53. The van der Waals surface area contributed by atoms with Crippen LogP contribution in [0.5, 0.6) is 5.88 Å². The highest BCUT2D eigenvalue weighted by Gasteiger charge is 2.09. The topological polar surface area (TPSA) is 51.4 Å². The summed E-state index contributed by atoms with van der Waals surface area (Å²) in [6.07, 6.45) is 3.28. The molecule has 2 N–H and O–H groups in total. The number of aromatic nitrogens is 1. The third-order valence-corrected chi connectivity index (χ3v) is 2.36. The summed E-state index contributed by atoms with van der Waals surface area (Å²) in [5.74, 6) is 0.573. The van der Waals surface area contributed by atoms with E-state index < -0.39 is 0 Å². The Bertz CT molecular complexity index is 355. The van der Waals surface area contributed by atoms with Crippen molar-refractivity contribution in [3.63, 3.8) is 0 Å². The molecule has 0 aromatic carbocycles. The van der Waals surface area contributed by atoms with Gasteiger partial charge in [0.15, 0.2) is 0 Å². The first kappa shape index (κ1) is 11.8. The quantitative estimate of drug-likeness (QED) is 0.853. The van der Waals surface area contributed by atoms with Crippen LogP contribution in [0.25, 0.3) is 0 Å². The van der Waals surface area contributed by atoms with Crippen LogP contribution in [0, 0.1) is 0 Å². The van der Waals surface area contributed by atoms with Gasteiger partial charge in [0.1, 0.15) is 10.3 Å². The molecule has 0 radical (unpaired) electrons. The largest absolute Gasteiger partial charge is 0.479 e. The van der Waals surface area contributed by atoms with E-state index >= 15 is 0 Å². The minimum absolute atomic E-state index is 0.573. The van der Waals surface area contributed by atoms with E-state index in [0.717, 1.165) is 16.8 Å². The van der Waals surface area contributed by atoms with Crippen molar-refractivity contribution in [1.29, 1.82) is 0 Å². The van der Waals surface area contributed by atoms with Gasteiger partial charge >= 0.3 is 0 Å². The summed E-state index contributed by atoms with van der Waals surface area (Å²) < 4.78 is 5.94. The molecule has 0 aliphatic rings. The molecule has 0 aliphatic carbocycles. The first-order chi connectivity index (χ1) is 7.22. The average Bonchev–Trinajstić information content (AvgIpc) is 2.26. The molecule has 1 rings (SSSR count). The van der Waals surface area contributed by atoms with Crippen molar-refractivity contribution in [1.82, 2.24) is 4.98 Å². The zero-order chi connectivity index (χ0) is 11.3. The molecule has 0 atom stereocenters. The molecule has 1 aromatic rings. The maximum absolute atomic E-state index is 5.37. The number of anilines is 1. The lowest BCUT2D eigenvalue weighted by molar-refractivity contribution is 0.397. The van der Waals surface area contributed by atoms with E-state index in [9.17, 15) is 0 Å². The lowest BCUT2D eigenvalue weighted by Gasteiger charge is -2.19. The molecule has 4 nitrogen and oxygen atoms in total. The number of hydrogen-bond acceptors (Lipinski definition) is 4. The third kappa shape index (κ3) is 2.86. The van der Waals surface area contributed by atoms with Crippen molar-refractivity contribution in [2.24, 2.45) is 5.73 Å². The lowest BCUT2D eigenvalue weighted by Crippen LogP contribution is -2.16. The van der Waals surface area contributed by atoms with Crippen LogP contribution in [-0.2, 0) is 0 Å². The Morgan fingerprint density at radius 2 is 2.33 bits per heavy atom. The first-order valence-corrected chi connectivity index (χ1v) is 5.37. The normalized spacial score (nSPS) is 10.6. The molecule has 0 spiro atoms. The number of rotatable bonds is 4. The van der Waals surface area contributed by atoms with Crippen LogP contribution < -0.4 is 15.4 Å². The van der Waals surface area contributed by atoms with Crippen molar-refractivity contribution in [3.05, 3.63) is 29.1 Å². The SMILES string of the molecule is CCN(/C=C\N)c1ccc(Br)nc1OC. The average molecular weight is 272 g/mol. The standard InChI is InChI=1S/C10H14BrN3O/c1-3-14(7-6-12)8-4-5-9(11)13-10(8)15-2/h4-7H,3,12H2,1-2H3/b7-6-. The number of nitrogens with two attached hydrogens (primary N) is 1. The highest BCUT2D eigenvalue weighted by Crippen LogP contribution is 2.27. The fraction of sp³-hybridized carbons (Fsp3) is 0.300. The van der Waals surface area contributed by atoms with Crippen LogP contribution in [0.2, 0.25) is 0 Å².